The first-order chi connectivity index (χ1) is 15.4. The van der Waals surface area contributed by atoms with Crippen molar-refractivity contribution >= 4 is 41.1 Å². The van der Waals surface area contributed by atoms with Gasteiger partial charge in [0, 0.05) is 10.8 Å². The molecule has 1 N–H and O–H groups in total. The third-order valence-electron chi connectivity index (χ3n) is 5.07. The van der Waals surface area contributed by atoms with Crippen LogP contribution in [0.1, 0.15) is 12.5 Å². The highest BCUT2D eigenvalue weighted by Gasteiger charge is 2.54. The Kier molecular flexibility index (Phi) is 6.72. The summed E-state index contributed by atoms with van der Waals surface area (Å²) in [5, 5.41) is 2.91. The fourth-order valence-electron chi connectivity index (χ4n) is 3.45. The van der Waals surface area contributed by atoms with Crippen LogP contribution < -0.4 is 10.1 Å². The molecular formula is C23H21ClN2O5S. The molecule has 2 unspecified atom stereocenters. The maximum Gasteiger partial charge on any atom is 0.355 e. The molecule has 0 radical (unpaired) electrons. The van der Waals surface area contributed by atoms with Crippen molar-refractivity contribution < 1.29 is 23.9 Å². The lowest BCUT2D eigenvalue weighted by atomic mass is 10.0. The van der Waals surface area contributed by atoms with Crippen molar-refractivity contribution in [3.63, 3.8) is 0 Å². The SMILES string of the molecule is CC1=C(C(=O)OCc2ccccc2)N2C(=O)C(NC(=O)COc3ccc(Cl)cc3)C2SC1. The van der Waals surface area contributed by atoms with Gasteiger partial charge in [0.1, 0.15) is 29.5 Å². The van der Waals surface area contributed by atoms with Gasteiger partial charge in [-0.2, -0.15) is 0 Å². The number of ether oxygens (including phenoxy) is 2. The van der Waals surface area contributed by atoms with Gasteiger partial charge in [0.15, 0.2) is 6.61 Å². The normalized spacial score (nSPS) is 19.7. The van der Waals surface area contributed by atoms with E-state index in [4.69, 9.17) is 21.1 Å². The average Bonchev–Trinajstić information content (AvgIpc) is 2.81. The van der Waals surface area contributed by atoms with E-state index in [9.17, 15) is 14.4 Å². The van der Waals surface area contributed by atoms with Crippen LogP contribution in [0.15, 0.2) is 65.9 Å². The molecule has 2 aromatic rings. The minimum absolute atomic E-state index is 0.124. The third kappa shape index (κ3) is 4.76. The maximum atomic E-state index is 12.8. The number of nitrogens with one attached hydrogen (secondary N) is 1. The van der Waals surface area contributed by atoms with Crippen LogP contribution in [0.3, 0.4) is 0 Å². The summed E-state index contributed by atoms with van der Waals surface area (Å²) in [6.45, 7) is 1.70. The number of carbonyl (C=O) groups is 3. The lowest BCUT2D eigenvalue weighted by Crippen LogP contribution is -2.70. The standard InChI is InChI=1S/C23H21ClN2O5S/c1-14-13-32-22-19(25-18(27)12-30-17-9-7-16(24)8-10-17)21(28)26(22)20(14)23(29)31-11-15-5-3-2-4-6-15/h2-10,19,22H,11-13H2,1H3,(H,25,27). The Morgan fingerprint density at radius 3 is 2.59 bits per heavy atom. The molecule has 9 heteroatoms. The van der Waals surface area contributed by atoms with Crippen LogP contribution >= 0.6 is 23.4 Å². The van der Waals surface area contributed by atoms with Gasteiger partial charge in [0.25, 0.3) is 11.8 Å². The zero-order chi connectivity index (χ0) is 22.7. The smallest absolute Gasteiger partial charge is 0.355 e. The Morgan fingerprint density at radius 1 is 1.16 bits per heavy atom. The fourth-order valence-corrected chi connectivity index (χ4v) is 4.87. The highest BCUT2D eigenvalue weighted by atomic mass is 35.5. The van der Waals surface area contributed by atoms with E-state index in [0.717, 1.165) is 11.1 Å². The lowest BCUT2D eigenvalue weighted by molar-refractivity contribution is -0.153. The van der Waals surface area contributed by atoms with Crippen LogP contribution in [0.4, 0.5) is 0 Å². The molecule has 1 saturated heterocycles. The number of thioether (sulfide) groups is 1. The summed E-state index contributed by atoms with van der Waals surface area (Å²) in [7, 11) is 0. The first-order valence-electron chi connectivity index (χ1n) is 9.97. The van der Waals surface area contributed by atoms with Crippen molar-refractivity contribution in [2.24, 2.45) is 0 Å². The second kappa shape index (κ2) is 9.67. The molecule has 32 heavy (non-hydrogen) atoms. The van der Waals surface area contributed by atoms with E-state index in [1.807, 2.05) is 37.3 Å². The second-order valence-electron chi connectivity index (χ2n) is 7.39. The summed E-state index contributed by atoms with van der Waals surface area (Å²) in [6, 6.07) is 15.3. The Balaban J connectivity index is 1.34. The molecule has 7 nitrogen and oxygen atoms in total. The number of nitrogens with zero attached hydrogens (tertiary/aromatic N) is 1. The molecular weight excluding hydrogens is 452 g/mol. The van der Waals surface area contributed by atoms with E-state index in [-0.39, 0.29) is 30.2 Å². The molecule has 0 saturated carbocycles. The molecule has 2 aromatic carbocycles. The van der Waals surface area contributed by atoms with E-state index >= 15 is 0 Å². The van der Waals surface area contributed by atoms with Crippen molar-refractivity contribution in [1.29, 1.82) is 0 Å². The Labute approximate surface area is 194 Å². The molecule has 2 heterocycles. The number of esters is 1. The Bertz CT molecular complexity index is 1060. The zero-order valence-corrected chi connectivity index (χ0v) is 18.8. The van der Waals surface area contributed by atoms with Crippen molar-refractivity contribution in [3.05, 3.63) is 76.5 Å². The summed E-state index contributed by atoms with van der Waals surface area (Å²) in [5.41, 5.74) is 1.90. The van der Waals surface area contributed by atoms with Gasteiger partial charge in [-0.25, -0.2) is 4.79 Å². The number of hydrogen-bond acceptors (Lipinski definition) is 6. The first kappa shape index (κ1) is 22.2. The van der Waals surface area contributed by atoms with Gasteiger partial charge in [-0.3, -0.25) is 14.5 Å². The minimum atomic E-state index is -0.716. The molecule has 4 rings (SSSR count). The van der Waals surface area contributed by atoms with Gasteiger partial charge in [0.2, 0.25) is 0 Å². The van der Waals surface area contributed by atoms with Gasteiger partial charge < -0.3 is 14.8 Å². The maximum absolute atomic E-state index is 12.8. The largest absolute Gasteiger partial charge is 0.484 e. The quantitative estimate of drug-likeness (QED) is 0.492. The minimum Gasteiger partial charge on any atom is -0.484 e. The fraction of sp³-hybridized carbons (Fsp3) is 0.261. The van der Waals surface area contributed by atoms with Gasteiger partial charge in [-0.15, -0.1) is 11.8 Å². The molecule has 166 valence electrons. The van der Waals surface area contributed by atoms with Crippen molar-refractivity contribution in [2.75, 3.05) is 12.4 Å². The summed E-state index contributed by atoms with van der Waals surface area (Å²) in [4.78, 5) is 39.2. The van der Waals surface area contributed by atoms with E-state index in [0.29, 0.717) is 16.5 Å². The van der Waals surface area contributed by atoms with Crippen molar-refractivity contribution in [3.8, 4) is 5.75 Å². The number of fused-ring (bicyclic) bond motifs is 1. The van der Waals surface area contributed by atoms with Crippen molar-refractivity contribution in [2.45, 2.75) is 24.9 Å². The average molecular weight is 473 g/mol. The van der Waals surface area contributed by atoms with E-state index in [2.05, 4.69) is 5.32 Å². The molecule has 0 spiro atoms. The predicted molar refractivity (Wildman–Crippen MR) is 121 cm³/mol. The van der Waals surface area contributed by atoms with Crippen LogP contribution in [0.25, 0.3) is 0 Å². The molecule has 0 aliphatic carbocycles. The molecule has 2 aliphatic heterocycles. The molecule has 2 atom stereocenters. The molecule has 2 amide bonds. The molecule has 0 aromatic heterocycles. The van der Waals surface area contributed by atoms with Crippen LogP contribution in [-0.4, -0.2) is 46.5 Å². The Morgan fingerprint density at radius 2 is 1.88 bits per heavy atom. The van der Waals surface area contributed by atoms with Crippen LogP contribution in [0.2, 0.25) is 5.02 Å². The van der Waals surface area contributed by atoms with Crippen LogP contribution in [0, 0.1) is 0 Å². The zero-order valence-electron chi connectivity index (χ0n) is 17.2. The number of halogens is 1. The van der Waals surface area contributed by atoms with E-state index in [1.54, 1.807) is 24.3 Å². The van der Waals surface area contributed by atoms with Gasteiger partial charge in [-0.1, -0.05) is 41.9 Å². The highest BCUT2D eigenvalue weighted by Crippen LogP contribution is 2.40. The lowest BCUT2D eigenvalue weighted by Gasteiger charge is -2.49. The number of rotatable bonds is 7. The summed E-state index contributed by atoms with van der Waals surface area (Å²) in [6.07, 6.45) is 0. The van der Waals surface area contributed by atoms with Crippen LogP contribution in [0.5, 0.6) is 5.75 Å². The second-order valence-corrected chi connectivity index (χ2v) is 8.93. The monoisotopic (exact) mass is 472 g/mol. The number of hydrogen-bond donors (Lipinski definition) is 1. The van der Waals surface area contributed by atoms with Crippen molar-refractivity contribution in [1.82, 2.24) is 10.2 Å². The van der Waals surface area contributed by atoms with E-state index in [1.165, 1.54) is 16.7 Å². The number of benzene rings is 2. The number of β-lactam (4-membered cyclic amide) rings is 1. The predicted octanol–water partition coefficient (Wildman–Crippen LogP) is 3.14. The van der Waals surface area contributed by atoms with Gasteiger partial charge >= 0.3 is 5.97 Å². The molecule has 1 fully saturated rings. The summed E-state index contributed by atoms with van der Waals surface area (Å²) < 4.78 is 10.9. The van der Waals surface area contributed by atoms with E-state index < -0.39 is 17.9 Å². The Hall–Kier alpha value is -2.97. The molecule has 0 bridgehead atoms. The third-order valence-corrected chi connectivity index (χ3v) is 6.74. The first-order valence-corrected chi connectivity index (χ1v) is 11.4. The highest BCUT2D eigenvalue weighted by molar-refractivity contribution is 8.00. The summed E-state index contributed by atoms with van der Waals surface area (Å²) >= 11 is 7.33. The number of amides is 2. The van der Waals surface area contributed by atoms with Gasteiger partial charge in [-0.05, 0) is 42.3 Å². The van der Waals surface area contributed by atoms with Crippen LogP contribution in [-0.2, 0) is 25.7 Å². The number of carbonyl (C=O) groups excluding carboxylic acids is 3. The van der Waals surface area contributed by atoms with Gasteiger partial charge in [0.05, 0.1) is 0 Å². The molecule has 2 aliphatic rings. The topological polar surface area (TPSA) is 84.9 Å². The summed E-state index contributed by atoms with van der Waals surface area (Å²) in [5.74, 6) is -0.232.